The number of H-pyrrole nitrogens is 1. The molecule has 0 unspecified atom stereocenters. The molecule has 0 saturated heterocycles. The van der Waals surface area contributed by atoms with E-state index in [9.17, 15) is 14.0 Å². The Labute approximate surface area is 189 Å². The molecule has 5 rings (SSSR count). The van der Waals surface area contributed by atoms with E-state index in [1.54, 1.807) is 6.07 Å². The number of benzene rings is 2. The summed E-state index contributed by atoms with van der Waals surface area (Å²) in [6.07, 6.45) is 2.03. The molecule has 0 fully saturated rings. The average Bonchev–Trinajstić information content (AvgIpc) is 2.77. The standard InChI is InChI=1S/C25H22FN3O2S/c1-14-8-10-16(11-9-14)20-21-18(6-3-7-19(21)30)27-23-22(20)24(31)29-25(28-23)32-13-15-4-2-5-17(26)12-15/h2,4-5,8-12,20H,3,6-7,13H2,1H3,(H2,27,28,29,31)/t20-/m1/s1. The van der Waals surface area contributed by atoms with E-state index >= 15 is 0 Å². The number of anilines is 1. The third kappa shape index (κ3) is 3.88. The van der Waals surface area contributed by atoms with Gasteiger partial charge in [-0.3, -0.25) is 9.59 Å². The van der Waals surface area contributed by atoms with Crippen LogP contribution in [0.1, 0.15) is 47.4 Å². The average molecular weight is 448 g/mol. The van der Waals surface area contributed by atoms with Crippen molar-refractivity contribution in [1.82, 2.24) is 9.97 Å². The molecule has 0 spiro atoms. The molecule has 7 heteroatoms. The van der Waals surface area contributed by atoms with Crippen LogP contribution in [0.2, 0.25) is 0 Å². The Morgan fingerprint density at radius 1 is 1.12 bits per heavy atom. The third-order valence-corrected chi connectivity index (χ3v) is 6.86. The monoisotopic (exact) mass is 447 g/mol. The molecule has 0 bridgehead atoms. The molecule has 2 aliphatic rings. The Morgan fingerprint density at radius 3 is 2.72 bits per heavy atom. The molecule has 2 N–H and O–H groups in total. The summed E-state index contributed by atoms with van der Waals surface area (Å²) in [5.74, 6) is 0.327. The highest BCUT2D eigenvalue weighted by atomic mass is 32.2. The predicted molar refractivity (Wildman–Crippen MR) is 123 cm³/mol. The van der Waals surface area contributed by atoms with Gasteiger partial charge in [0.25, 0.3) is 5.56 Å². The molecule has 1 atom stereocenters. The second-order valence-corrected chi connectivity index (χ2v) is 9.15. The van der Waals surface area contributed by atoms with Crippen LogP contribution < -0.4 is 10.9 Å². The number of halogens is 1. The van der Waals surface area contributed by atoms with E-state index in [1.165, 1.54) is 23.9 Å². The number of fused-ring (bicyclic) bond motifs is 1. The van der Waals surface area contributed by atoms with Crippen LogP contribution in [0.15, 0.2) is 69.8 Å². The summed E-state index contributed by atoms with van der Waals surface area (Å²) in [5.41, 5.74) is 4.58. The minimum Gasteiger partial charge on any atom is -0.343 e. The number of rotatable bonds is 4. The van der Waals surface area contributed by atoms with E-state index in [4.69, 9.17) is 0 Å². The fourth-order valence-electron chi connectivity index (χ4n) is 4.38. The number of ketones is 1. The van der Waals surface area contributed by atoms with Gasteiger partial charge >= 0.3 is 0 Å². The molecule has 2 heterocycles. The largest absolute Gasteiger partial charge is 0.343 e. The molecular weight excluding hydrogens is 425 g/mol. The van der Waals surface area contributed by atoms with E-state index in [0.717, 1.165) is 35.2 Å². The van der Waals surface area contributed by atoms with Gasteiger partial charge in [-0.2, -0.15) is 0 Å². The maximum Gasteiger partial charge on any atom is 0.257 e. The second kappa shape index (κ2) is 8.39. The molecule has 1 aliphatic heterocycles. The molecule has 2 aromatic carbocycles. The van der Waals surface area contributed by atoms with Crippen molar-refractivity contribution in [3.63, 3.8) is 0 Å². The number of hydrogen-bond acceptors (Lipinski definition) is 5. The number of Topliss-reactive ketones (excluding diaryl/α,β-unsaturated/α-hetero) is 1. The zero-order chi connectivity index (χ0) is 22.2. The Balaban J connectivity index is 1.55. The zero-order valence-electron chi connectivity index (χ0n) is 17.6. The van der Waals surface area contributed by atoms with E-state index in [1.807, 2.05) is 37.3 Å². The molecule has 3 aromatic rings. The van der Waals surface area contributed by atoms with Crippen molar-refractivity contribution >= 4 is 23.4 Å². The molecule has 0 amide bonds. The fraction of sp³-hybridized carbons (Fsp3) is 0.240. The first-order valence-corrected chi connectivity index (χ1v) is 11.6. The fourth-order valence-corrected chi connectivity index (χ4v) is 5.18. The lowest BCUT2D eigenvalue weighted by Gasteiger charge is -2.32. The summed E-state index contributed by atoms with van der Waals surface area (Å²) in [4.78, 5) is 33.7. The van der Waals surface area contributed by atoms with Crippen molar-refractivity contribution in [2.45, 2.75) is 43.0 Å². The summed E-state index contributed by atoms with van der Waals surface area (Å²) in [5, 5.41) is 3.74. The Hall–Kier alpha value is -3.19. The lowest BCUT2D eigenvalue weighted by Crippen LogP contribution is -2.32. The molecule has 1 aromatic heterocycles. The quantitative estimate of drug-likeness (QED) is 0.431. The van der Waals surface area contributed by atoms with Gasteiger partial charge in [-0.25, -0.2) is 9.37 Å². The number of aromatic amines is 1. The van der Waals surface area contributed by atoms with E-state index in [-0.39, 0.29) is 17.2 Å². The first kappa shape index (κ1) is 20.7. The summed E-state index contributed by atoms with van der Waals surface area (Å²) in [6.45, 7) is 2.01. The number of nitrogens with one attached hydrogen (secondary N) is 2. The number of thioether (sulfide) groups is 1. The first-order chi connectivity index (χ1) is 15.5. The maximum absolute atomic E-state index is 13.5. The van der Waals surface area contributed by atoms with Crippen LogP contribution in [0.3, 0.4) is 0 Å². The number of hydrogen-bond donors (Lipinski definition) is 2. The van der Waals surface area contributed by atoms with E-state index < -0.39 is 5.92 Å². The van der Waals surface area contributed by atoms with Gasteiger partial charge in [0.05, 0.1) is 5.56 Å². The number of aromatic nitrogens is 2. The molecule has 5 nitrogen and oxygen atoms in total. The van der Waals surface area contributed by atoms with Gasteiger partial charge in [0, 0.05) is 29.4 Å². The van der Waals surface area contributed by atoms with Crippen LogP contribution in [0.4, 0.5) is 10.2 Å². The summed E-state index contributed by atoms with van der Waals surface area (Å²) >= 11 is 1.34. The van der Waals surface area contributed by atoms with Gasteiger partial charge in [0.2, 0.25) is 0 Å². The summed E-state index contributed by atoms with van der Waals surface area (Å²) in [6, 6.07) is 14.3. The van der Waals surface area contributed by atoms with Gasteiger partial charge < -0.3 is 10.3 Å². The SMILES string of the molecule is Cc1ccc([C@@H]2C3=C(CCCC3=O)Nc3nc(SCc4cccc(F)c4)[nH]c(=O)c32)cc1. The summed E-state index contributed by atoms with van der Waals surface area (Å²) in [7, 11) is 0. The van der Waals surface area contributed by atoms with E-state index in [0.29, 0.717) is 34.3 Å². The van der Waals surface area contributed by atoms with Crippen molar-refractivity contribution in [3.8, 4) is 0 Å². The molecule has 0 radical (unpaired) electrons. The van der Waals surface area contributed by atoms with Crippen molar-refractivity contribution in [2.75, 3.05) is 5.32 Å². The van der Waals surface area contributed by atoms with Crippen LogP contribution in [0, 0.1) is 12.7 Å². The second-order valence-electron chi connectivity index (χ2n) is 8.19. The number of aryl methyl sites for hydroxylation is 1. The third-order valence-electron chi connectivity index (χ3n) is 5.91. The van der Waals surface area contributed by atoms with Gasteiger partial charge in [-0.15, -0.1) is 0 Å². The van der Waals surface area contributed by atoms with Gasteiger partial charge in [-0.05, 0) is 43.0 Å². The van der Waals surface area contributed by atoms with Crippen molar-refractivity contribution in [1.29, 1.82) is 0 Å². The highest BCUT2D eigenvalue weighted by Crippen LogP contribution is 2.43. The molecule has 162 valence electrons. The minimum atomic E-state index is -0.437. The normalized spacial score (nSPS) is 17.6. The number of nitrogens with zero attached hydrogens (tertiary/aromatic N) is 1. The lowest BCUT2D eigenvalue weighted by atomic mass is 9.76. The molecular formula is C25H22FN3O2S. The summed E-state index contributed by atoms with van der Waals surface area (Å²) < 4.78 is 13.5. The Bertz CT molecular complexity index is 1300. The van der Waals surface area contributed by atoms with Crippen LogP contribution in [-0.4, -0.2) is 15.8 Å². The Morgan fingerprint density at radius 2 is 1.94 bits per heavy atom. The lowest BCUT2D eigenvalue weighted by molar-refractivity contribution is -0.116. The molecule has 0 saturated carbocycles. The Kier molecular flexibility index (Phi) is 5.43. The highest BCUT2D eigenvalue weighted by Gasteiger charge is 2.37. The molecule has 1 aliphatic carbocycles. The van der Waals surface area contributed by atoms with E-state index in [2.05, 4.69) is 15.3 Å². The van der Waals surface area contributed by atoms with Crippen LogP contribution in [0.25, 0.3) is 0 Å². The molecule has 32 heavy (non-hydrogen) atoms. The number of allylic oxidation sites excluding steroid dienone is 2. The van der Waals surface area contributed by atoms with Gasteiger partial charge in [-0.1, -0.05) is 53.7 Å². The predicted octanol–water partition coefficient (Wildman–Crippen LogP) is 5.07. The number of carbonyl (C=O) groups is 1. The van der Waals surface area contributed by atoms with Gasteiger partial charge in [0.15, 0.2) is 10.9 Å². The minimum absolute atomic E-state index is 0.0823. The van der Waals surface area contributed by atoms with Crippen molar-refractivity contribution in [2.24, 2.45) is 0 Å². The smallest absolute Gasteiger partial charge is 0.257 e. The van der Waals surface area contributed by atoms with Crippen LogP contribution in [-0.2, 0) is 10.5 Å². The first-order valence-electron chi connectivity index (χ1n) is 10.6. The van der Waals surface area contributed by atoms with Crippen LogP contribution in [0.5, 0.6) is 0 Å². The zero-order valence-corrected chi connectivity index (χ0v) is 18.4. The highest BCUT2D eigenvalue weighted by molar-refractivity contribution is 7.98. The van der Waals surface area contributed by atoms with Gasteiger partial charge in [0.1, 0.15) is 11.6 Å². The van der Waals surface area contributed by atoms with Crippen molar-refractivity contribution in [3.05, 3.63) is 98.2 Å². The maximum atomic E-state index is 13.5. The van der Waals surface area contributed by atoms with Crippen LogP contribution >= 0.6 is 11.8 Å². The topological polar surface area (TPSA) is 74.8 Å². The number of carbonyl (C=O) groups excluding carboxylic acids is 1. The van der Waals surface area contributed by atoms with Crippen molar-refractivity contribution < 1.29 is 9.18 Å².